The van der Waals surface area contributed by atoms with E-state index in [1.54, 1.807) is 34.3 Å². The fraction of sp³-hybridized carbons (Fsp3) is 0.773. The number of ether oxygens (including phenoxy) is 4. The lowest BCUT2D eigenvalue weighted by Gasteiger charge is -2.47. The molecule has 2 bridgehead atoms. The molecular formula is C44H69NO11. The lowest BCUT2D eigenvalue weighted by molar-refractivity contribution is -0.178. The molecule has 0 radical (unpaired) electrons. The van der Waals surface area contributed by atoms with Gasteiger partial charge in [0.25, 0.3) is 11.7 Å². The van der Waals surface area contributed by atoms with E-state index >= 15 is 0 Å². The Morgan fingerprint density at radius 2 is 1.62 bits per heavy atom. The van der Waals surface area contributed by atoms with Crippen molar-refractivity contribution in [3.63, 3.8) is 0 Å². The van der Waals surface area contributed by atoms with Crippen molar-refractivity contribution in [2.75, 3.05) is 27.9 Å². The average Bonchev–Trinajstić information content (AvgIpc) is 3.16. The number of carbonyl (C=O) groups is 4. The van der Waals surface area contributed by atoms with Crippen LogP contribution in [0.4, 0.5) is 0 Å². The molecule has 1 saturated heterocycles. The summed E-state index contributed by atoms with van der Waals surface area (Å²) in [5.41, 5.74) is -0.330. The maximum Gasteiger partial charge on any atom is 0.329 e. The zero-order chi connectivity index (χ0) is 41.3. The summed E-state index contributed by atoms with van der Waals surface area (Å²) in [5, 5.41) is 34.0. The summed E-state index contributed by atoms with van der Waals surface area (Å²) in [5.74, 6) is -4.12. The highest BCUT2D eigenvalue weighted by Gasteiger charge is 2.55. The van der Waals surface area contributed by atoms with E-state index in [2.05, 4.69) is 13.5 Å². The van der Waals surface area contributed by atoms with Gasteiger partial charge in [-0.1, -0.05) is 37.6 Å². The van der Waals surface area contributed by atoms with Crippen molar-refractivity contribution >= 4 is 23.4 Å². The number of esters is 1. The summed E-state index contributed by atoms with van der Waals surface area (Å²) in [7, 11) is 4.78. The number of carbonyl (C=O) groups excluding carboxylic acids is 4. The minimum absolute atomic E-state index is 0.0151. The molecule has 12 heteroatoms. The molecule has 56 heavy (non-hydrogen) atoms. The first-order valence-electron chi connectivity index (χ1n) is 20.8. The number of amides is 1. The summed E-state index contributed by atoms with van der Waals surface area (Å²) in [4.78, 5) is 57.7. The van der Waals surface area contributed by atoms with Gasteiger partial charge in [0, 0.05) is 52.6 Å². The van der Waals surface area contributed by atoms with Gasteiger partial charge in [-0.25, -0.2) is 4.79 Å². The normalized spacial score (nSPS) is 40.1. The molecule has 2 aliphatic carbocycles. The van der Waals surface area contributed by atoms with E-state index < -0.39 is 71.5 Å². The standard InChI is InChI=1S/C44H69NO11/c1-9-12-31-18-26(2)17-27(3)19-38(53-6)33-25-44(52,29(5)21-39(33)54-7)41(49)42(50)45-16-11-10-13-34(45)43(51)56-37(24-32(46)23-36(31)48)28(4)20-30-14-15-35(47)40(22-30)55-8/h9,18,20,27,29-35,37-40,46-47,52H,1,10-17,19,21-25H2,2-8H3/b26-18+,28-20+. The third kappa shape index (κ3) is 11.3. The van der Waals surface area contributed by atoms with Crippen LogP contribution in [0, 0.1) is 29.6 Å². The first-order valence-corrected chi connectivity index (χ1v) is 20.8. The van der Waals surface area contributed by atoms with Gasteiger partial charge in [0.1, 0.15) is 23.5 Å². The smallest absolute Gasteiger partial charge is 0.329 e. The molecule has 3 N–H and O–H groups in total. The van der Waals surface area contributed by atoms with Gasteiger partial charge in [-0.15, -0.1) is 6.58 Å². The van der Waals surface area contributed by atoms with Crippen molar-refractivity contribution in [1.29, 1.82) is 0 Å². The number of nitrogens with zero attached hydrogens (tertiary/aromatic N) is 1. The number of methoxy groups -OCH3 is 3. The molecule has 13 unspecified atom stereocenters. The van der Waals surface area contributed by atoms with Gasteiger partial charge in [-0.05, 0) is 108 Å². The van der Waals surface area contributed by atoms with Gasteiger partial charge < -0.3 is 39.2 Å². The van der Waals surface area contributed by atoms with Crippen molar-refractivity contribution in [2.24, 2.45) is 29.6 Å². The summed E-state index contributed by atoms with van der Waals surface area (Å²) in [6.07, 6.45) is 6.92. The van der Waals surface area contributed by atoms with Crippen molar-refractivity contribution in [3.8, 4) is 0 Å². The zero-order valence-corrected chi connectivity index (χ0v) is 34.8. The highest BCUT2D eigenvalue weighted by molar-refractivity contribution is 6.39. The highest BCUT2D eigenvalue weighted by Crippen LogP contribution is 2.43. The number of ketones is 2. The van der Waals surface area contributed by atoms with Gasteiger partial charge >= 0.3 is 5.97 Å². The zero-order valence-electron chi connectivity index (χ0n) is 34.8. The van der Waals surface area contributed by atoms with Crippen LogP contribution in [0.5, 0.6) is 0 Å². The summed E-state index contributed by atoms with van der Waals surface area (Å²) in [6.45, 7) is 11.7. The average molecular weight is 788 g/mol. The van der Waals surface area contributed by atoms with E-state index in [1.807, 2.05) is 26.0 Å². The number of Topliss-reactive ketones (excluding diaryl/α,β-unsaturated/α-hetero) is 2. The van der Waals surface area contributed by atoms with Gasteiger partial charge in [0.2, 0.25) is 0 Å². The number of allylic oxidation sites excluding steroid dienone is 4. The molecule has 13 atom stereocenters. The second-order valence-electron chi connectivity index (χ2n) is 17.3. The lowest BCUT2D eigenvalue weighted by atomic mass is 9.65. The fourth-order valence-corrected chi connectivity index (χ4v) is 9.75. The monoisotopic (exact) mass is 787 g/mol. The topological polar surface area (TPSA) is 169 Å². The van der Waals surface area contributed by atoms with Crippen molar-refractivity contribution in [3.05, 3.63) is 36.0 Å². The van der Waals surface area contributed by atoms with Crippen LogP contribution in [0.1, 0.15) is 111 Å². The number of rotatable bonds is 7. The number of hydrogen-bond acceptors (Lipinski definition) is 11. The third-order valence-corrected chi connectivity index (χ3v) is 13.0. The van der Waals surface area contributed by atoms with Crippen LogP contribution in [0.3, 0.4) is 0 Å². The molecule has 0 aromatic carbocycles. The first kappa shape index (κ1) is 46.0. The lowest BCUT2D eigenvalue weighted by Crippen LogP contribution is -2.61. The molecule has 2 saturated carbocycles. The van der Waals surface area contributed by atoms with Gasteiger partial charge in [0.15, 0.2) is 0 Å². The number of aliphatic hydroxyl groups excluding tert-OH is 2. The summed E-state index contributed by atoms with van der Waals surface area (Å²) in [6, 6.07) is -1.08. The van der Waals surface area contributed by atoms with Gasteiger partial charge in [-0.2, -0.15) is 0 Å². The molecule has 12 nitrogen and oxygen atoms in total. The maximum absolute atomic E-state index is 14.3. The van der Waals surface area contributed by atoms with Gasteiger partial charge in [0.05, 0.1) is 30.5 Å². The molecule has 2 aliphatic heterocycles. The first-order chi connectivity index (χ1) is 26.6. The Hall–Kier alpha value is -2.74. The van der Waals surface area contributed by atoms with Crippen LogP contribution in [0.15, 0.2) is 36.0 Å². The molecule has 4 aliphatic rings. The number of fused-ring (bicyclic) bond motifs is 3. The summed E-state index contributed by atoms with van der Waals surface area (Å²) >= 11 is 0. The predicted molar refractivity (Wildman–Crippen MR) is 211 cm³/mol. The van der Waals surface area contributed by atoms with E-state index in [0.717, 1.165) is 5.57 Å². The molecular weight excluding hydrogens is 718 g/mol. The number of piperidine rings is 1. The fourth-order valence-electron chi connectivity index (χ4n) is 9.75. The van der Waals surface area contributed by atoms with Crippen LogP contribution in [0.25, 0.3) is 0 Å². The second-order valence-corrected chi connectivity index (χ2v) is 17.3. The van der Waals surface area contributed by atoms with Crippen LogP contribution in [-0.4, -0.2) is 120 Å². The molecule has 3 fully saturated rings. The van der Waals surface area contributed by atoms with Gasteiger partial charge in [-0.3, -0.25) is 14.4 Å². The van der Waals surface area contributed by atoms with Crippen LogP contribution >= 0.6 is 0 Å². The Morgan fingerprint density at radius 1 is 0.946 bits per heavy atom. The van der Waals surface area contributed by atoms with E-state index in [9.17, 15) is 34.5 Å². The van der Waals surface area contributed by atoms with Crippen molar-refractivity contribution in [1.82, 2.24) is 4.90 Å². The largest absolute Gasteiger partial charge is 0.456 e. The Labute approximate surface area is 334 Å². The minimum Gasteiger partial charge on any atom is -0.456 e. The molecule has 1 amide bonds. The van der Waals surface area contributed by atoms with Crippen molar-refractivity contribution < 1.29 is 53.4 Å². The quantitative estimate of drug-likeness (QED) is 0.179. The van der Waals surface area contributed by atoms with E-state index in [0.29, 0.717) is 63.4 Å². The molecule has 2 heterocycles. The number of cyclic esters (lactones) is 1. The Kier molecular flexibility index (Phi) is 17.1. The van der Waals surface area contributed by atoms with E-state index in [1.165, 1.54) is 4.90 Å². The van der Waals surface area contributed by atoms with E-state index in [-0.39, 0.29) is 62.1 Å². The molecule has 316 valence electrons. The minimum atomic E-state index is -2.00. The van der Waals surface area contributed by atoms with E-state index in [4.69, 9.17) is 18.9 Å². The highest BCUT2D eigenvalue weighted by atomic mass is 16.5. The Balaban J connectivity index is 1.74. The second kappa shape index (κ2) is 20.8. The molecule has 4 rings (SSSR count). The Morgan fingerprint density at radius 3 is 2.29 bits per heavy atom. The third-order valence-electron chi connectivity index (χ3n) is 13.0. The molecule has 0 aromatic heterocycles. The van der Waals surface area contributed by atoms with Crippen LogP contribution in [-0.2, 0) is 38.1 Å². The summed E-state index contributed by atoms with van der Waals surface area (Å²) < 4.78 is 23.6. The number of hydrogen-bond donors (Lipinski definition) is 3. The van der Waals surface area contributed by atoms with Crippen molar-refractivity contribution in [2.45, 2.75) is 159 Å². The molecule has 0 aromatic rings. The molecule has 0 spiro atoms. The van der Waals surface area contributed by atoms with Crippen LogP contribution in [0.2, 0.25) is 0 Å². The SMILES string of the molecule is C=CCC1/C=C(\C)CC(C)CC(OC)C2CC(O)(C(=O)C(=O)N3CCCCC3C(=O)OC(/C(C)=C/C3CCC(O)C(OC)C3)CC(O)CC1=O)C(C)CC2OC. The Bertz CT molecular complexity index is 1440. The number of aliphatic hydroxyl groups is 3. The maximum atomic E-state index is 14.3. The predicted octanol–water partition coefficient (Wildman–Crippen LogP) is 5.06. The van der Waals surface area contributed by atoms with Crippen LogP contribution < -0.4 is 0 Å².